The molecule has 1 amide bonds. The zero-order valence-corrected chi connectivity index (χ0v) is 13.6. The van der Waals surface area contributed by atoms with E-state index in [0.717, 1.165) is 31.9 Å². The topological polar surface area (TPSA) is 91.6 Å². The fraction of sp³-hybridized carbons (Fsp3) is 0.400. The first-order valence-corrected chi connectivity index (χ1v) is 7.84. The monoisotopic (exact) mass is 337 g/mol. The number of nitrogens with one attached hydrogen (secondary N) is 3. The van der Waals surface area contributed by atoms with Crippen LogP contribution in [0.2, 0.25) is 5.02 Å². The number of hydrogen-bond acceptors (Lipinski definition) is 6. The number of nitrogens with two attached hydrogens (primary N) is 1. The summed E-state index contributed by atoms with van der Waals surface area (Å²) in [6.45, 7) is 5.34. The lowest BCUT2D eigenvalue weighted by Gasteiger charge is -2.30. The maximum atomic E-state index is 12.3. The Hall–Kier alpha value is -1.96. The third kappa shape index (κ3) is 3.69. The number of hydrogen-bond donors (Lipinski definition) is 4. The summed E-state index contributed by atoms with van der Waals surface area (Å²) in [5, 5.41) is 9.37. The molecular formula is C15H20ClN5O2. The minimum atomic E-state index is -1.07. The summed E-state index contributed by atoms with van der Waals surface area (Å²) in [4.78, 5) is 14.5. The number of nitrogens with zero attached hydrogens (tertiary/aromatic N) is 1. The number of carbonyl (C=O) groups is 1. The van der Waals surface area contributed by atoms with Crippen LogP contribution in [-0.2, 0) is 9.53 Å². The molecule has 0 bridgehead atoms. The van der Waals surface area contributed by atoms with Crippen molar-refractivity contribution in [1.29, 1.82) is 0 Å². The van der Waals surface area contributed by atoms with E-state index in [1.165, 1.54) is 6.26 Å². The van der Waals surface area contributed by atoms with Gasteiger partial charge in [0.25, 0.3) is 5.91 Å². The summed E-state index contributed by atoms with van der Waals surface area (Å²) in [7, 11) is 0. The second-order valence-corrected chi connectivity index (χ2v) is 6.14. The zero-order chi connectivity index (χ0) is 16.4. The Balaban J connectivity index is 1.73. The third-order valence-electron chi connectivity index (χ3n) is 3.73. The van der Waals surface area contributed by atoms with Gasteiger partial charge in [-0.1, -0.05) is 11.6 Å². The van der Waals surface area contributed by atoms with Crippen molar-refractivity contribution < 1.29 is 9.53 Å². The lowest BCUT2D eigenvalue weighted by molar-refractivity contribution is -0.113. The fourth-order valence-electron chi connectivity index (χ4n) is 2.54. The van der Waals surface area contributed by atoms with Gasteiger partial charge in [0, 0.05) is 38.8 Å². The van der Waals surface area contributed by atoms with Gasteiger partial charge < -0.3 is 25.6 Å². The van der Waals surface area contributed by atoms with Crippen LogP contribution >= 0.6 is 11.6 Å². The first-order valence-electron chi connectivity index (χ1n) is 7.46. The molecular weight excluding hydrogens is 318 g/mol. The van der Waals surface area contributed by atoms with Crippen LogP contribution in [0.15, 0.2) is 30.2 Å². The van der Waals surface area contributed by atoms with Gasteiger partial charge in [-0.25, -0.2) is 0 Å². The Morgan fingerprint density at radius 3 is 2.83 bits per heavy atom. The number of benzene rings is 1. The number of carbonyl (C=O) groups excluding carboxylic acids is 1. The number of ether oxygens (including phenoxy) is 1. The molecule has 1 aromatic rings. The second-order valence-electron chi connectivity index (χ2n) is 5.74. The highest BCUT2D eigenvalue weighted by Gasteiger charge is 2.29. The normalized spacial score (nSPS) is 23.8. The van der Waals surface area contributed by atoms with E-state index in [2.05, 4.69) is 20.9 Å². The van der Waals surface area contributed by atoms with Gasteiger partial charge in [-0.05, 0) is 18.2 Å². The van der Waals surface area contributed by atoms with Gasteiger partial charge in [0.15, 0.2) is 0 Å². The number of halogens is 1. The molecule has 0 saturated carbocycles. The quantitative estimate of drug-likeness (QED) is 0.651. The molecule has 124 valence electrons. The van der Waals surface area contributed by atoms with Crippen molar-refractivity contribution in [2.45, 2.75) is 12.8 Å². The lowest BCUT2D eigenvalue weighted by Crippen LogP contribution is -2.49. The smallest absolute Gasteiger partial charge is 0.275 e. The highest BCUT2D eigenvalue weighted by Crippen LogP contribution is 2.28. The van der Waals surface area contributed by atoms with Crippen LogP contribution in [0.3, 0.4) is 0 Å². The standard InChI is InChI=1S/C15H20ClN5O2/c1-15(17)20-13(9-23-15)14(22)19-12-8-10(2-3-11(12)16)21-6-4-18-5-7-21/h2-3,8-9,18,20H,4-7,17H2,1H3,(H,19,22). The molecule has 1 aromatic carbocycles. The molecule has 7 nitrogen and oxygen atoms in total. The van der Waals surface area contributed by atoms with Crippen LogP contribution in [-0.4, -0.2) is 37.9 Å². The summed E-state index contributed by atoms with van der Waals surface area (Å²) in [6.07, 6.45) is 1.31. The van der Waals surface area contributed by atoms with E-state index in [1.54, 1.807) is 13.0 Å². The Kier molecular flexibility index (Phi) is 4.34. The molecule has 2 aliphatic rings. The Morgan fingerprint density at radius 1 is 1.43 bits per heavy atom. The Bertz CT molecular complexity index is 641. The van der Waals surface area contributed by atoms with Crippen molar-refractivity contribution >= 4 is 28.9 Å². The molecule has 0 radical (unpaired) electrons. The Morgan fingerprint density at radius 2 is 2.17 bits per heavy atom. The van der Waals surface area contributed by atoms with Crippen molar-refractivity contribution in [1.82, 2.24) is 10.6 Å². The molecule has 1 unspecified atom stereocenters. The third-order valence-corrected chi connectivity index (χ3v) is 4.06. The first-order chi connectivity index (χ1) is 10.9. The van der Waals surface area contributed by atoms with Crippen LogP contribution in [0.1, 0.15) is 6.92 Å². The van der Waals surface area contributed by atoms with Crippen LogP contribution in [0, 0.1) is 0 Å². The zero-order valence-electron chi connectivity index (χ0n) is 12.9. The van der Waals surface area contributed by atoms with E-state index >= 15 is 0 Å². The van der Waals surface area contributed by atoms with Gasteiger partial charge in [0.1, 0.15) is 12.0 Å². The maximum absolute atomic E-state index is 12.3. The van der Waals surface area contributed by atoms with Crippen molar-refractivity contribution in [2.75, 3.05) is 36.4 Å². The second kappa shape index (κ2) is 6.27. The molecule has 2 aliphatic heterocycles. The molecule has 5 N–H and O–H groups in total. The minimum Gasteiger partial charge on any atom is -0.461 e. The van der Waals surface area contributed by atoms with Crippen LogP contribution in [0.25, 0.3) is 0 Å². The van der Waals surface area contributed by atoms with E-state index in [1.807, 2.05) is 12.1 Å². The molecule has 1 fully saturated rings. The molecule has 0 aliphatic carbocycles. The predicted octanol–water partition coefficient (Wildman–Crippen LogP) is 0.782. The maximum Gasteiger partial charge on any atom is 0.275 e. The van der Waals surface area contributed by atoms with Gasteiger partial charge in [0.2, 0.25) is 5.85 Å². The molecule has 0 spiro atoms. The summed E-state index contributed by atoms with van der Waals surface area (Å²) in [5.74, 6) is -1.42. The van der Waals surface area contributed by atoms with Crippen molar-refractivity contribution in [3.05, 3.63) is 35.2 Å². The Labute approximate surface area is 139 Å². The van der Waals surface area contributed by atoms with Crippen LogP contribution in [0.5, 0.6) is 0 Å². The van der Waals surface area contributed by atoms with Gasteiger partial charge >= 0.3 is 0 Å². The number of rotatable bonds is 3. The van der Waals surface area contributed by atoms with Crippen LogP contribution < -0.4 is 26.6 Å². The number of amides is 1. The van der Waals surface area contributed by atoms with Crippen molar-refractivity contribution in [3.63, 3.8) is 0 Å². The van der Waals surface area contributed by atoms with Gasteiger partial charge in [-0.15, -0.1) is 0 Å². The lowest BCUT2D eigenvalue weighted by atomic mass is 10.2. The van der Waals surface area contributed by atoms with Crippen LogP contribution in [0.4, 0.5) is 11.4 Å². The van der Waals surface area contributed by atoms with E-state index < -0.39 is 5.85 Å². The van der Waals surface area contributed by atoms with E-state index in [0.29, 0.717) is 10.7 Å². The summed E-state index contributed by atoms with van der Waals surface area (Å²) < 4.78 is 5.16. The SMILES string of the molecule is CC1(N)NC(C(=O)Nc2cc(N3CCNCC3)ccc2Cl)=CO1. The highest BCUT2D eigenvalue weighted by molar-refractivity contribution is 6.34. The summed E-state index contributed by atoms with van der Waals surface area (Å²) in [6, 6.07) is 5.62. The number of anilines is 2. The number of piperazine rings is 1. The molecule has 3 rings (SSSR count). The average molecular weight is 338 g/mol. The van der Waals surface area contributed by atoms with Gasteiger partial charge in [0.05, 0.1) is 10.7 Å². The average Bonchev–Trinajstić information content (AvgIpc) is 2.90. The highest BCUT2D eigenvalue weighted by atomic mass is 35.5. The van der Waals surface area contributed by atoms with Gasteiger partial charge in [-0.2, -0.15) is 0 Å². The minimum absolute atomic E-state index is 0.263. The fourth-order valence-corrected chi connectivity index (χ4v) is 2.70. The predicted molar refractivity (Wildman–Crippen MR) is 90.1 cm³/mol. The van der Waals surface area contributed by atoms with E-state index in [-0.39, 0.29) is 11.6 Å². The first kappa shape index (κ1) is 15.9. The summed E-state index contributed by atoms with van der Waals surface area (Å²) >= 11 is 6.20. The largest absolute Gasteiger partial charge is 0.461 e. The molecule has 23 heavy (non-hydrogen) atoms. The van der Waals surface area contributed by atoms with Crippen molar-refractivity contribution in [2.24, 2.45) is 5.73 Å². The van der Waals surface area contributed by atoms with E-state index in [4.69, 9.17) is 22.1 Å². The van der Waals surface area contributed by atoms with Crippen molar-refractivity contribution in [3.8, 4) is 0 Å². The molecule has 8 heteroatoms. The molecule has 2 heterocycles. The molecule has 0 aromatic heterocycles. The molecule has 1 atom stereocenters. The van der Waals surface area contributed by atoms with Gasteiger partial charge in [-0.3, -0.25) is 10.5 Å². The summed E-state index contributed by atoms with van der Waals surface area (Å²) in [5.41, 5.74) is 7.59. The molecule has 1 saturated heterocycles. The van der Waals surface area contributed by atoms with E-state index in [9.17, 15) is 4.79 Å².